The van der Waals surface area contributed by atoms with E-state index >= 15 is 0 Å². The predicted molar refractivity (Wildman–Crippen MR) is 76.2 cm³/mol. The van der Waals surface area contributed by atoms with Crippen LogP contribution >= 0.6 is 0 Å². The Morgan fingerprint density at radius 2 is 1.80 bits per heavy atom. The highest BCUT2D eigenvalue weighted by Crippen LogP contribution is 2.14. The molecule has 2 aromatic heterocycles. The number of likely N-dealkylation sites (N-methyl/N-ethyl adjacent to an activating group) is 1. The van der Waals surface area contributed by atoms with Crippen LogP contribution in [0.3, 0.4) is 0 Å². The molecule has 8 heteroatoms. The zero-order valence-corrected chi connectivity index (χ0v) is 11.7. The summed E-state index contributed by atoms with van der Waals surface area (Å²) in [6.07, 6.45) is 5.21. The predicted octanol–water partition coefficient (Wildman–Crippen LogP) is -0.149. The van der Waals surface area contributed by atoms with E-state index in [4.69, 9.17) is 0 Å². The van der Waals surface area contributed by atoms with Gasteiger partial charge in [0.15, 0.2) is 0 Å². The second kappa shape index (κ2) is 5.41. The van der Waals surface area contributed by atoms with Gasteiger partial charge in [0.1, 0.15) is 6.33 Å². The van der Waals surface area contributed by atoms with E-state index in [2.05, 4.69) is 42.1 Å². The molecule has 0 atom stereocenters. The zero-order chi connectivity index (χ0) is 13.9. The second-order valence-electron chi connectivity index (χ2n) is 4.77. The number of nitrogens with zero attached hydrogens (tertiary/aromatic N) is 7. The monoisotopic (exact) mass is 274 g/mol. The van der Waals surface area contributed by atoms with Gasteiger partial charge in [0.2, 0.25) is 17.8 Å². The number of hydrogen-bond acceptors (Lipinski definition) is 7. The molecule has 0 saturated carbocycles. The average Bonchev–Trinajstić information content (AvgIpc) is 3.02. The van der Waals surface area contributed by atoms with Crippen LogP contribution in [-0.4, -0.2) is 69.7 Å². The molecule has 2 aromatic rings. The van der Waals surface area contributed by atoms with E-state index in [9.17, 15) is 0 Å². The van der Waals surface area contributed by atoms with Crippen molar-refractivity contribution in [3.8, 4) is 5.95 Å². The molecule has 8 nitrogen and oxygen atoms in total. The summed E-state index contributed by atoms with van der Waals surface area (Å²) in [6, 6.07) is 0. The summed E-state index contributed by atoms with van der Waals surface area (Å²) in [7, 11) is 3.93. The van der Waals surface area contributed by atoms with E-state index in [-0.39, 0.29) is 0 Å². The largest absolute Gasteiger partial charge is 0.357 e. The molecule has 3 heterocycles. The molecule has 1 fully saturated rings. The van der Waals surface area contributed by atoms with Crippen molar-refractivity contribution in [2.75, 3.05) is 50.5 Å². The van der Waals surface area contributed by atoms with Crippen molar-refractivity contribution in [1.29, 1.82) is 0 Å². The van der Waals surface area contributed by atoms with Crippen LogP contribution in [0.4, 0.5) is 11.9 Å². The van der Waals surface area contributed by atoms with Gasteiger partial charge in [0, 0.05) is 45.6 Å². The van der Waals surface area contributed by atoms with Gasteiger partial charge in [0.05, 0.1) is 0 Å². The number of imidazole rings is 1. The number of aromatic nitrogens is 5. The Morgan fingerprint density at radius 1 is 1.05 bits per heavy atom. The normalized spacial score (nSPS) is 16.4. The maximum atomic E-state index is 4.54. The van der Waals surface area contributed by atoms with Gasteiger partial charge in [-0.1, -0.05) is 0 Å². The van der Waals surface area contributed by atoms with E-state index in [0.29, 0.717) is 17.8 Å². The smallest absolute Gasteiger partial charge is 0.241 e. The summed E-state index contributed by atoms with van der Waals surface area (Å²) >= 11 is 0. The van der Waals surface area contributed by atoms with Crippen LogP contribution in [0.5, 0.6) is 0 Å². The molecule has 3 rings (SSSR count). The van der Waals surface area contributed by atoms with Gasteiger partial charge in [-0.25, -0.2) is 4.98 Å². The minimum atomic E-state index is 0.567. The van der Waals surface area contributed by atoms with Crippen LogP contribution in [0.25, 0.3) is 5.95 Å². The maximum absolute atomic E-state index is 4.54. The minimum absolute atomic E-state index is 0.567. The summed E-state index contributed by atoms with van der Waals surface area (Å²) in [6.45, 7) is 3.88. The lowest BCUT2D eigenvalue weighted by atomic mass is 10.3. The molecule has 0 bridgehead atoms. The van der Waals surface area contributed by atoms with Crippen molar-refractivity contribution in [2.24, 2.45) is 0 Å². The molecular formula is C12H18N8. The zero-order valence-electron chi connectivity index (χ0n) is 11.7. The first kappa shape index (κ1) is 12.8. The molecule has 0 unspecified atom stereocenters. The fourth-order valence-corrected chi connectivity index (χ4v) is 2.11. The molecule has 0 spiro atoms. The highest BCUT2D eigenvalue weighted by molar-refractivity contribution is 5.40. The number of nitrogens with one attached hydrogen (secondary N) is 1. The fraction of sp³-hybridized carbons (Fsp3) is 0.500. The summed E-state index contributed by atoms with van der Waals surface area (Å²) in [5, 5.41) is 2.98. The molecule has 1 N–H and O–H groups in total. The van der Waals surface area contributed by atoms with E-state index in [0.717, 1.165) is 26.2 Å². The Bertz CT molecular complexity index is 559. The third-order valence-electron chi connectivity index (χ3n) is 3.36. The number of hydrogen-bond donors (Lipinski definition) is 1. The van der Waals surface area contributed by atoms with Gasteiger partial charge in [-0.05, 0) is 7.05 Å². The molecule has 20 heavy (non-hydrogen) atoms. The molecule has 0 aliphatic carbocycles. The quantitative estimate of drug-likeness (QED) is 0.834. The number of anilines is 2. The van der Waals surface area contributed by atoms with Crippen molar-refractivity contribution in [3.05, 3.63) is 18.7 Å². The molecule has 1 aliphatic heterocycles. The SMILES string of the molecule is CNc1nc(N2CCN(C)CC2)nc(-n2ccnc2)n1. The van der Waals surface area contributed by atoms with Crippen LogP contribution < -0.4 is 10.2 Å². The van der Waals surface area contributed by atoms with Gasteiger partial charge < -0.3 is 15.1 Å². The van der Waals surface area contributed by atoms with Gasteiger partial charge in [-0.3, -0.25) is 4.57 Å². The van der Waals surface area contributed by atoms with Crippen LogP contribution in [0, 0.1) is 0 Å². The van der Waals surface area contributed by atoms with Gasteiger partial charge in [-0.2, -0.15) is 15.0 Å². The molecule has 106 valence electrons. The average molecular weight is 274 g/mol. The molecule has 0 radical (unpaired) electrons. The minimum Gasteiger partial charge on any atom is -0.357 e. The third-order valence-corrected chi connectivity index (χ3v) is 3.36. The Morgan fingerprint density at radius 3 is 2.45 bits per heavy atom. The number of rotatable bonds is 3. The second-order valence-corrected chi connectivity index (χ2v) is 4.77. The molecule has 0 aromatic carbocycles. The lowest BCUT2D eigenvalue weighted by Gasteiger charge is -2.32. The van der Waals surface area contributed by atoms with E-state index in [1.807, 2.05) is 6.20 Å². The van der Waals surface area contributed by atoms with Crippen LogP contribution in [0.2, 0.25) is 0 Å². The van der Waals surface area contributed by atoms with Gasteiger partial charge >= 0.3 is 0 Å². The first-order chi connectivity index (χ1) is 9.76. The summed E-state index contributed by atoms with van der Waals surface area (Å²) < 4.78 is 1.78. The standard InChI is InChI=1S/C12H18N8/c1-13-10-15-11(19-7-5-18(2)6-8-19)17-12(16-10)20-4-3-14-9-20/h3-4,9H,5-8H2,1-2H3,(H,13,15,16,17). The first-order valence-corrected chi connectivity index (χ1v) is 6.62. The summed E-state index contributed by atoms with van der Waals surface area (Å²) in [4.78, 5) is 21.9. The third kappa shape index (κ3) is 2.55. The van der Waals surface area contributed by atoms with Gasteiger partial charge in [-0.15, -0.1) is 0 Å². The van der Waals surface area contributed by atoms with Crippen molar-refractivity contribution >= 4 is 11.9 Å². The Balaban J connectivity index is 1.92. The molecule has 0 amide bonds. The van der Waals surface area contributed by atoms with Crippen molar-refractivity contribution in [2.45, 2.75) is 0 Å². The van der Waals surface area contributed by atoms with Crippen molar-refractivity contribution < 1.29 is 0 Å². The Kier molecular flexibility index (Phi) is 3.46. The molecule has 1 saturated heterocycles. The fourth-order valence-electron chi connectivity index (χ4n) is 2.11. The lowest BCUT2D eigenvalue weighted by Crippen LogP contribution is -2.45. The summed E-state index contributed by atoms with van der Waals surface area (Å²) in [5.41, 5.74) is 0. The highest BCUT2D eigenvalue weighted by atomic mass is 15.4. The van der Waals surface area contributed by atoms with E-state index in [1.54, 1.807) is 24.1 Å². The lowest BCUT2D eigenvalue weighted by molar-refractivity contribution is 0.311. The maximum Gasteiger partial charge on any atom is 0.241 e. The van der Waals surface area contributed by atoms with E-state index in [1.165, 1.54) is 0 Å². The van der Waals surface area contributed by atoms with Crippen LogP contribution in [-0.2, 0) is 0 Å². The van der Waals surface area contributed by atoms with Crippen molar-refractivity contribution in [3.63, 3.8) is 0 Å². The van der Waals surface area contributed by atoms with E-state index < -0.39 is 0 Å². The summed E-state index contributed by atoms with van der Waals surface area (Å²) in [5.74, 6) is 1.86. The first-order valence-electron chi connectivity index (χ1n) is 6.62. The number of piperazine rings is 1. The van der Waals surface area contributed by atoms with Crippen LogP contribution in [0.1, 0.15) is 0 Å². The highest BCUT2D eigenvalue weighted by Gasteiger charge is 2.18. The molecule has 1 aliphatic rings. The Labute approximate surface area is 117 Å². The van der Waals surface area contributed by atoms with Crippen LogP contribution in [0.15, 0.2) is 18.7 Å². The van der Waals surface area contributed by atoms with Crippen molar-refractivity contribution in [1.82, 2.24) is 29.4 Å². The van der Waals surface area contributed by atoms with Gasteiger partial charge in [0.25, 0.3) is 0 Å². The Hall–Kier alpha value is -2.22. The molecular weight excluding hydrogens is 256 g/mol. The topological polar surface area (TPSA) is 75.0 Å².